The van der Waals surface area contributed by atoms with E-state index in [2.05, 4.69) is 20.8 Å². The molecule has 18 heavy (non-hydrogen) atoms. The van der Waals surface area contributed by atoms with Crippen molar-refractivity contribution in [3.8, 4) is 0 Å². The van der Waals surface area contributed by atoms with Gasteiger partial charge in [0.15, 0.2) is 0 Å². The van der Waals surface area contributed by atoms with Crippen molar-refractivity contribution in [1.29, 1.82) is 0 Å². The first-order chi connectivity index (χ1) is 8.74. The standard InChI is InChI=1S/C12H20N4O2/c1-3-8(4-2)14-11(17)10-15-12(18-16-10)9-6-5-7-13-9/h8-9,13H,3-7H2,1-2H3,(H,14,17). The predicted octanol–water partition coefficient (Wildman–Crippen LogP) is 1.41. The lowest BCUT2D eigenvalue weighted by Crippen LogP contribution is -2.34. The van der Waals surface area contributed by atoms with Crippen molar-refractivity contribution >= 4 is 5.91 Å². The summed E-state index contributed by atoms with van der Waals surface area (Å²) in [5.41, 5.74) is 0. The van der Waals surface area contributed by atoms with Gasteiger partial charge in [-0.15, -0.1) is 0 Å². The maximum Gasteiger partial charge on any atom is 0.292 e. The average Bonchev–Trinajstić information content (AvgIpc) is 3.04. The zero-order valence-corrected chi connectivity index (χ0v) is 10.9. The first-order valence-corrected chi connectivity index (χ1v) is 6.62. The molecule has 1 unspecified atom stereocenters. The fourth-order valence-electron chi connectivity index (χ4n) is 2.11. The quantitative estimate of drug-likeness (QED) is 0.828. The molecule has 0 bridgehead atoms. The second-order valence-corrected chi connectivity index (χ2v) is 4.59. The van der Waals surface area contributed by atoms with Crippen molar-refractivity contribution in [2.24, 2.45) is 0 Å². The first kappa shape index (κ1) is 13.0. The van der Waals surface area contributed by atoms with E-state index in [4.69, 9.17) is 4.52 Å². The smallest absolute Gasteiger partial charge is 0.292 e. The third-order valence-electron chi connectivity index (χ3n) is 3.32. The van der Waals surface area contributed by atoms with Crippen molar-refractivity contribution in [2.75, 3.05) is 6.54 Å². The van der Waals surface area contributed by atoms with E-state index in [1.54, 1.807) is 0 Å². The molecule has 1 aromatic heterocycles. The number of nitrogens with one attached hydrogen (secondary N) is 2. The number of hydrogen-bond donors (Lipinski definition) is 2. The summed E-state index contributed by atoms with van der Waals surface area (Å²) in [5, 5.41) is 9.90. The zero-order chi connectivity index (χ0) is 13.0. The van der Waals surface area contributed by atoms with Crippen LogP contribution in [0.5, 0.6) is 0 Å². The van der Waals surface area contributed by atoms with E-state index in [0.717, 1.165) is 32.2 Å². The van der Waals surface area contributed by atoms with Crippen LogP contribution in [-0.4, -0.2) is 28.6 Å². The van der Waals surface area contributed by atoms with E-state index >= 15 is 0 Å². The molecule has 2 N–H and O–H groups in total. The van der Waals surface area contributed by atoms with Crippen molar-refractivity contribution in [3.63, 3.8) is 0 Å². The van der Waals surface area contributed by atoms with Crippen LogP contribution < -0.4 is 10.6 Å². The Kier molecular flexibility index (Phi) is 4.30. The highest BCUT2D eigenvalue weighted by molar-refractivity contribution is 5.90. The molecule has 2 rings (SSSR count). The van der Waals surface area contributed by atoms with Crippen LogP contribution in [0.3, 0.4) is 0 Å². The Balaban J connectivity index is 1.98. The highest BCUT2D eigenvalue weighted by atomic mass is 16.5. The van der Waals surface area contributed by atoms with Crippen LogP contribution in [0.15, 0.2) is 4.52 Å². The van der Waals surface area contributed by atoms with Crippen LogP contribution in [-0.2, 0) is 0 Å². The summed E-state index contributed by atoms with van der Waals surface area (Å²) in [4.78, 5) is 16.0. The SMILES string of the molecule is CCC(CC)NC(=O)c1noc(C2CCCN2)n1. The van der Waals surface area contributed by atoms with Crippen molar-refractivity contribution in [2.45, 2.75) is 51.6 Å². The van der Waals surface area contributed by atoms with Crippen LogP contribution in [0.1, 0.15) is 62.1 Å². The summed E-state index contributed by atoms with van der Waals surface area (Å²) in [5.74, 6) is 0.393. The molecular formula is C12H20N4O2. The molecule has 1 aromatic rings. The maximum absolute atomic E-state index is 11.9. The van der Waals surface area contributed by atoms with Crippen LogP contribution in [0, 0.1) is 0 Å². The van der Waals surface area contributed by atoms with Gasteiger partial charge in [0.25, 0.3) is 11.7 Å². The highest BCUT2D eigenvalue weighted by Crippen LogP contribution is 2.20. The normalized spacial score (nSPS) is 19.4. The fraction of sp³-hybridized carbons (Fsp3) is 0.750. The molecular weight excluding hydrogens is 232 g/mol. The Labute approximate surface area is 107 Å². The minimum absolute atomic E-state index is 0.104. The van der Waals surface area contributed by atoms with Crippen LogP contribution in [0.4, 0.5) is 0 Å². The van der Waals surface area contributed by atoms with E-state index in [0.29, 0.717) is 5.89 Å². The molecule has 0 saturated carbocycles. The first-order valence-electron chi connectivity index (χ1n) is 6.62. The number of rotatable bonds is 5. The van der Waals surface area contributed by atoms with Gasteiger partial charge in [0.05, 0.1) is 6.04 Å². The third kappa shape index (κ3) is 2.87. The molecule has 6 heteroatoms. The summed E-state index contributed by atoms with van der Waals surface area (Å²) in [6, 6.07) is 0.274. The monoisotopic (exact) mass is 252 g/mol. The Morgan fingerprint density at radius 3 is 2.94 bits per heavy atom. The molecule has 0 aliphatic carbocycles. The molecule has 0 radical (unpaired) electrons. The van der Waals surface area contributed by atoms with Gasteiger partial charge in [-0.05, 0) is 32.2 Å². The van der Waals surface area contributed by atoms with E-state index in [-0.39, 0.29) is 23.8 Å². The number of hydrogen-bond acceptors (Lipinski definition) is 5. The average molecular weight is 252 g/mol. The summed E-state index contributed by atoms with van der Waals surface area (Å²) >= 11 is 0. The number of carbonyl (C=O) groups is 1. The van der Waals surface area contributed by atoms with Crippen LogP contribution >= 0.6 is 0 Å². The van der Waals surface area contributed by atoms with Crippen LogP contribution in [0.2, 0.25) is 0 Å². The fourth-order valence-corrected chi connectivity index (χ4v) is 2.11. The lowest BCUT2D eigenvalue weighted by Gasteiger charge is -2.12. The van der Waals surface area contributed by atoms with Crippen molar-refractivity contribution in [1.82, 2.24) is 20.8 Å². The number of carbonyl (C=O) groups excluding carboxylic acids is 1. The second kappa shape index (κ2) is 5.95. The minimum atomic E-state index is -0.253. The van der Waals surface area contributed by atoms with Crippen LogP contribution in [0.25, 0.3) is 0 Å². The van der Waals surface area contributed by atoms with E-state index in [1.807, 2.05) is 13.8 Å². The van der Waals surface area contributed by atoms with Gasteiger partial charge in [-0.3, -0.25) is 4.79 Å². The maximum atomic E-state index is 11.9. The Morgan fingerprint density at radius 1 is 1.56 bits per heavy atom. The van der Waals surface area contributed by atoms with Gasteiger partial charge in [-0.25, -0.2) is 0 Å². The Bertz CT molecular complexity index is 395. The van der Waals surface area contributed by atoms with Gasteiger partial charge >= 0.3 is 0 Å². The molecule has 1 fully saturated rings. The van der Waals surface area contributed by atoms with Gasteiger partial charge in [-0.2, -0.15) is 4.98 Å². The molecule has 1 amide bonds. The molecule has 0 spiro atoms. The largest absolute Gasteiger partial charge is 0.346 e. The third-order valence-corrected chi connectivity index (χ3v) is 3.32. The van der Waals surface area contributed by atoms with Gasteiger partial charge in [0.2, 0.25) is 5.89 Å². The summed E-state index contributed by atoms with van der Waals surface area (Å²) < 4.78 is 5.13. The van der Waals surface area contributed by atoms with E-state index in [9.17, 15) is 4.79 Å². The summed E-state index contributed by atoms with van der Waals surface area (Å²) in [6.07, 6.45) is 3.88. The Hall–Kier alpha value is -1.43. The van der Waals surface area contributed by atoms with Gasteiger partial charge < -0.3 is 15.2 Å². The number of nitrogens with zero attached hydrogens (tertiary/aromatic N) is 2. The zero-order valence-electron chi connectivity index (χ0n) is 10.9. The number of amides is 1. The lowest BCUT2D eigenvalue weighted by atomic mass is 10.2. The van der Waals surface area contributed by atoms with Crippen molar-refractivity contribution < 1.29 is 9.32 Å². The van der Waals surface area contributed by atoms with Gasteiger partial charge in [0, 0.05) is 6.04 Å². The van der Waals surface area contributed by atoms with E-state index in [1.165, 1.54) is 0 Å². The molecule has 0 aromatic carbocycles. The molecule has 6 nitrogen and oxygen atoms in total. The van der Waals surface area contributed by atoms with E-state index < -0.39 is 0 Å². The predicted molar refractivity (Wildman–Crippen MR) is 66.1 cm³/mol. The Morgan fingerprint density at radius 2 is 2.33 bits per heavy atom. The second-order valence-electron chi connectivity index (χ2n) is 4.59. The molecule has 2 heterocycles. The molecule has 1 aliphatic heterocycles. The van der Waals surface area contributed by atoms with Gasteiger partial charge in [0.1, 0.15) is 0 Å². The minimum Gasteiger partial charge on any atom is -0.346 e. The molecule has 1 atom stereocenters. The highest BCUT2D eigenvalue weighted by Gasteiger charge is 2.24. The summed E-state index contributed by atoms with van der Waals surface area (Å²) in [6.45, 7) is 5.04. The molecule has 100 valence electrons. The molecule has 1 saturated heterocycles. The molecule has 1 aliphatic rings. The number of aromatic nitrogens is 2. The summed E-state index contributed by atoms with van der Waals surface area (Å²) in [7, 11) is 0. The topological polar surface area (TPSA) is 80.0 Å². The van der Waals surface area contributed by atoms with Gasteiger partial charge in [-0.1, -0.05) is 19.0 Å². The lowest BCUT2D eigenvalue weighted by molar-refractivity contribution is 0.0921. The van der Waals surface area contributed by atoms with Crippen molar-refractivity contribution in [3.05, 3.63) is 11.7 Å².